The van der Waals surface area contributed by atoms with Gasteiger partial charge in [0.1, 0.15) is 0 Å². The van der Waals surface area contributed by atoms with E-state index in [1.807, 2.05) is 0 Å². The van der Waals surface area contributed by atoms with Gasteiger partial charge in [-0.1, -0.05) is 19.3 Å². The number of carbonyl (C=O) groups excluding carboxylic acids is 1. The zero-order valence-electron chi connectivity index (χ0n) is 10.8. The molecule has 1 aliphatic carbocycles. The maximum Gasteiger partial charge on any atom is 0.223 e. The van der Waals surface area contributed by atoms with Gasteiger partial charge in [-0.25, -0.2) is 0 Å². The SMILES string of the molecule is CN(C)C(=O)CCNC(=S)NC1CCCCC1. The third-order valence-corrected chi connectivity index (χ3v) is 3.33. The van der Waals surface area contributed by atoms with Crippen LogP contribution >= 0.6 is 12.2 Å². The lowest BCUT2D eigenvalue weighted by Gasteiger charge is -2.24. The number of carbonyl (C=O) groups is 1. The Morgan fingerprint density at radius 1 is 1.29 bits per heavy atom. The van der Waals surface area contributed by atoms with Crippen LogP contribution in [0.1, 0.15) is 38.5 Å². The molecule has 4 nitrogen and oxygen atoms in total. The molecule has 0 saturated heterocycles. The number of thiocarbonyl (C=S) groups is 1. The Balaban J connectivity index is 2.10. The number of hydrogen-bond acceptors (Lipinski definition) is 2. The highest BCUT2D eigenvalue weighted by molar-refractivity contribution is 7.80. The van der Waals surface area contributed by atoms with Crippen LogP contribution in [0.2, 0.25) is 0 Å². The first kappa shape index (κ1) is 14.2. The van der Waals surface area contributed by atoms with Crippen LogP contribution in [0, 0.1) is 0 Å². The second kappa shape index (κ2) is 7.48. The quantitative estimate of drug-likeness (QED) is 0.744. The Bertz CT molecular complexity index is 262. The number of amides is 1. The van der Waals surface area contributed by atoms with Gasteiger partial charge < -0.3 is 15.5 Å². The first-order valence-electron chi connectivity index (χ1n) is 6.34. The van der Waals surface area contributed by atoms with Crippen LogP contribution < -0.4 is 10.6 Å². The van der Waals surface area contributed by atoms with Gasteiger partial charge in [-0.2, -0.15) is 0 Å². The zero-order chi connectivity index (χ0) is 12.7. The van der Waals surface area contributed by atoms with Crippen LogP contribution in [-0.4, -0.2) is 42.6 Å². The Morgan fingerprint density at radius 2 is 1.94 bits per heavy atom. The Morgan fingerprint density at radius 3 is 2.53 bits per heavy atom. The maximum absolute atomic E-state index is 11.3. The molecule has 0 heterocycles. The maximum atomic E-state index is 11.3. The summed E-state index contributed by atoms with van der Waals surface area (Å²) in [6, 6.07) is 0.522. The Labute approximate surface area is 109 Å². The molecule has 0 bridgehead atoms. The van der Waals surface area contributed by atoms with Gasteiger partial charge in [0.2, 0.25) is 5.91 Å². The molecule has 5 heteroatoms. The molecule has 98 valence electrons. The van der Waals surface area contributed by atoms with Crippen LogP contribution in [0.5, 0.6) is 0 Å². The van der Waals surface area contributed by atoms with Crippen molar-refractivity contribution in [2.75, 3.05) is 20.6 Å². The van der Waals surface area contributed by atoms with Gasteiger partial charge in [0.25, 0.3) is 0 Å². The smallest absolute Gasteiger partial charge is 0.223 e. The summed E-state index contributed by atoms with van der Waals surface area (Å²) < 4.78 is 0. The molecule has 0 atom stereocenters. The van der Waals surface area contributed by atoms with Gasteiger partial charge in [0.15, 0.2) is 5.11 Å². The Hall–Kier alpha value is -0.840. The van der Waals surface area contributed by atoms with Crippen molar-refractivity contribution in [3.05, 3.63) is 0 Å². The highest BCUT2D eigenvalue weighted by Crippen LogP contribution is 2.17. The molecule has 1 saturated carbocycles. The summed E-state index contributed by atoms with van der Waals surface area (Å²) in [7, 11) is 3.53. The van der Waals surface area contributed by atoms with Gasteiger partial charge in [-0.05, 0) is 25.1 Å². The monoisotopic (exact) mass is 257 g/mol. The van der Waals surface area contributed by atoms with Gasteiger partial charge in [0, 0.05) is 33.1 Å². The average Bonchev–Trinajstić information content (AvgIpc) is 2.30. The van der Waals surface area contributed by atoms with E-state index in [1.54, 1.807) is 19.0 Å². The molecular formula is C12H23N3OS. The van der Waals surface area contributed by atoms with E-state index < -0.39 is 0 Å². The molecule has 1 aliphatic rings. The van der Waals surface area contributed by atoms with Crippen LogP contribution in [0.25, 0.3) is 0 Å². The van der Waals surface area contributed by atoms with E-state index in [4.69, 9.17) is 12.2 Å². The summed E-state index contributed by atoms with van der Waals surface area (Å²) in [5, 5.41) is 7.09. The molecule has 1 fully saturated rings. The van der Waals surface area contributed by atoms with Gasteiger partial charge in [-0.3, -0.25) is 4.79 Å². The normalized spacial score (nSPS) is 16.4. The number of hydrogen-bond donors (Lipinski definition) is 2. The summed E-state index contributed by atoms with van der Waals surface area (Å²) in [5.41, 5.74) is 0. The molecular weight excluding hydrogens is 234 g/mol. The van der Waals surface area contributed by atoms with Crippen LogP contribution in [0.4, 0.5) is 0 Å². The lowest BCUT2D eigenvalue weighted by molar-refractivity contribution is -0.128. The lowest BCUT2D eigenvalue weighted by Crippen LogP contribution is -2.43. The Kier molecular flexibility index (Phi) is 6.26. The standard InChI is InChI=1S/C12H23N3OS/c1-15(2)11(16)8-9-13-12(17)14-10-6-4-3-5-7-10/h10H,3-9H2,1-2H3,(H2,13,14,17). The molecule has 2 N–H and O–H groups in total. The van der Waals surface area contributed by atoms with Gasteiger partial charge in [-0.15, -0.1) is 0 Å². The largest absolute Gasteiger partial charge is 0.362 e. The molecule has 0 unspecified atom stereocenters. The summed E-state index contributed by atoms with van der Waals surface area (Å²) in [6.45, 7) is 0.607. The van der Waals surface area contributed by atoms with E-state index in [0.717, 1.165) is 0 Å². The number of nitrogens with one attached hydrogen (secondary N) is 2. The molecule has 0 aromatic rings. The fourth-order valence-corrected chi connectivity index (χ4v) is 2.26. The summed E-state index contributed by atoms with van der Waals surface area (Å²) >= 11 is 5.21. The number of rotatable bonds is 4. The van der Waals surface area contributed by atoms with Crippen molar-refractivity contribution < 1.29 is 4.79 Å². The molecule has 0 aromatic heterocycles. The second-order valence-electron chi connectivity index (χ2n) is 4.77. The summed E-state index contributed by atoms with van der Waals surface area (Å²) in [5.74, 6) is 0.123. The molecule has 17 heavy (non-hydrogen) atoms. The zero-order valence-corrected chi connectivity index (χ0v) is 11.6. The van der Waals surface area contributed by atoms with E-state index in [1.165, 1.54) is 32.1 Å². The highest BCUT2D eigenvalue weighted by Gasteiger charge is 2.13. The van der Waals surface area contributed by atoms with E-state index >= 15 is 0 Å². The van der Waals surface area contributed by atoms with Gasteiger partial charge >= 0.3 is 0 Å². The lowest BCUT2D eigenvalue weighted by atomic mass is 9.96. The van der Waals surface area contributed by atoms with Crippen molar-refractivity contribution in [2.45, 2.75) is 44.6 Å². The van der Waals surface area contributed by atoms with Crippen LogP contribution in [0.3, 0.4) is 0 Å². The first-order chi connectivity index (χ1) is 8.09. The average molecular weight is 257 g/mol. The van der Waals surface area contributed by atoms with Crippen molar-refractivity contribution in [1.82, 2.24) is 15.5 Å². The van der Waals surface area contributed by atoms with Gasteiger partial charge in [0.05, 0.1) is 0 Å². The predicted octanol–water partition coefficient (Wildman–Crippen LogP) is 1.26. The minimum atomic E-state index is 0.123. The minimum Gasteiger partial charge on any atom is -0.362 e. The van der Waals surface area contributed by atoms with E-state index in [2.05, 4.69) is 10.6 Å². The third-order valence-electron chi connectivity index (χ3n) is 3.06. The van der Waals surface area contributed by atoms with Crippen molar-refractivity contribution in [3.8, 4) is 0 Å². The number of nitrogens with zero attached hydrogens (tertiary/aromatic N) is 1. The summed E-state index contributed by atoms with van der Waals surface area (Å²) in [4.78, 5) is 12.9. The third kappa shape index (κ3) is 5.86. The van der Waals surface area contributed by atoms with Crippen LogP contribution in [0.15, 0.2) is 0 Å². The molecule has 1 rings (SSSR count). The van der Waals surface area contributed by atoms with Crippen molar-refractivity contribution in [3.63, 3.8) is 0 Å². The molecule has 0 aliphatic heterocycles. The van der Waals surface area contributed by atoms with Crippen LogP contribution in [-0.2, 0) is 4.79 Å². The molecule has 1 amide bonds. The topological polar surface area (TPSA) is 44.4 Å². The fraction of sp³-hybridized carbons (Fsp3) is 0.833. The summed E-state index contributed by atoms with van der Waals surface area (Å²) in [6.07, 6.45) is 6.82. The minimum absolute atomic E-state index is 0.123. The second-order valence-corrected chi connectivity index (χ2v) is 5.18. The van der Waals surface area contributed by atoms with E-state index in [-0.39, 0.29) is 5.91 Å². The van der Waals surface area contributed by atoms with E-state index in [0.29, 0.717) is 24.1 Å². The first-order valence-corrected chi connectivity index (χ1v) is 6.75. The van der Waals surface area contributed by atoms with Crippen molar-refractivity contribution in [1.29, 1.82) is 0 Å². The molecule has 0 spiro atoms. The molecule has 0 aromatic carbocycles. The van der Waals surface area contributed by atoms with Crippen molar-refractivity contribution in [2.24, 2.45) is 0 Å². The highest BCUT2D eigenvalue weighted by atomic mass is 32.1. The molecule has 0 radical (unpaired) electrons. The predicted molar refractivity (Wildman–Crippen MR) is 73.9 cm³/mol. The fourth-order valence-electron chi connectivity index (χ4n) is 1.99. The van der Waals surface area contributed by atoms with Crippen molar-refractivity contribution >= 4 is 23.2 Å². The van der Waals surface area contributed by atoms with E-state index in [9.17, 15) is 4.79 Å².